The number of ether oxygens (including phenoxy) is 1. The number of hydrogen-bond donors (Lipinski definition) is 3. The number of aliphatic carboxylic acids is 1. The van der Waals surface area contributed by atoms with Crippen LogP contribution in [0.15, 0.2) is 0 Å². The lowest BCUT2D eigenvalue weighted by Crippen LogP contribution is -2.45. The molecule has 0 aromatic carbocycles. The SMILES string of the molecule is CCCCCCCCCCCCCCCCCCOCC(O)CN(C)C(CO)C(=O)O.Cl. The molecule has 2 unspecified atom stereocenters. The number of halogens is 1. The van der Waals surface area contributed by atoms with Crippen molar-refractivity contribution in [2.75, 3.05) is 33.4 Å². The highest BCUT2D eigenvalue weighted by Gasteiger charge is 2.23. The number of carboxylic acid groups (broad SMARTS) is 1. The second-order valence-electron chi connectivity index (χ2n) is 9.01. The van der Waals surface area contributed by atoms with Gasteiger partial charge in [0.1, 0.15) is 6.04 Å². The van der Waals surface area contributed by atoms with E-state index in [0.29, 0.717) is 6.61 Å². The van der Waals surface area contributed by atoms with Crippen LogP contribution in [0.1, 0.15) is 110 Å². The molecule has 0 saturated carbocycles. The van der Waals surface area contributed by atoms with Gasteiger partial charge in [0.2, 0.25) is 0 Å². The highest BCUT2D eigenvalue weighted by Crippen LogP contribution is 2.13. The molecule has 194 valence electrons. The van der Waals surface area contributed by atoms with E-state index in [1.807, 2.05) is 0 Å². The fraction of sp³-hybridized carbons (Fsp3) is 0.960. The Hall–Kier alpha value is -0.400. The van der Waals surface area contributed by atoms with E-state index in [2.05, 4.69) is 6.92 Å². The van der Waals surface area contributed by atoms with Gasteiger partial charge in [-0.1, -0.05) is 103 Å². The van der Waals surface area contributed by atoms with E-state index in [1.54, 1.807) is 7.05 Å². The fourth-order valence-corrected chi connectivity index (χ4v) is 3.89. The van der Waals surface area contributed by atoms with E-state index in [0.717, 1.165) is 12.8 Å². The number of rotatable bonds is 24. The summed E-state index contributed by atoms with van der Waals surface area (Å²) in [5, 5.41) is 28.0. The van der Waals surface area contributed by atoms with Gasteiger partial charge in [-0.3, -0.25) is 9.69 Å². The minimum atomic E-state index is -1.09. The zero-order valence-corrected chi connectivity index (χ0v) is 21.6. The van der Waals surface area contributed by atoms with Gasteiger partial charge in [-0.25, -0.2) is 0 Å². The molecule has 0 fully saturated rings. The maximum Gasteiger partial charge on any atom is 0.323 e. The van der Waals surface area contributed by atoms with Gasteiger partial charge < -0.3 is 20.1 Å². The van der Waals surface area contributed by atoms with Crippen molar-refractivity contribution in [1.29, 1.82) is 0 Å². The molecular formula is C25H52ClNO5. The Labute approximate surface area is 203 Å². The van der Waals surface area contributed by atoms with Gasteiger partial charge in [-0.15, -0.1) is 12.4 Å². The summed E-state index contributed by atoms with van der Waals surface area (Å²) in [4.78, 5) is 12.4. The lowest BCUT2D eigenvalue weighted by atomic mass is 10.0. The number of unbranched alkanes of at least 4 members (excludes halogenated alkanes) is 15. The molecule has 0 bridgehead atoms. The van der Waals surface area contributed by atoms with Gasteiger partial charge in [0.15, 0.2) is 0 Å². The molecule has 0 aromatic rings. The predicted molar refractivity (Wildman–Crippen MR) is 135 cm³/mol. The zero-order chi connectivity index (χ0) is 23.2. The largest absolute Gasteiger partial charge is 0.480 e. The normalized spacial score (nSPS) is 13.2. The van der Waals surface area contributed by atoms with Crippen molar-refractivity contribution in [2.24, 2.45) is 0 Å². The quantitative estimate of drug-likeness (QED) is 0.159. The second kappa shape index (κ2) is 25.2. The topological polar surface area (TPSA) is 90.2 Å². The predicted octanol–water partition coefficient (Wildman–Crippen LogP) is 5.42. The molecule has 0 spiro atoms. The van der Waals surface area contributed by atoms with Crippen molar-refractivity contribution in [2.45, 2.75) is 122 Å². The minimum Gasteiger partial charge on any atom is -0.480 e. The van der Waals surface area contributed by atoms with Gasteiger partial charge in [0.05, 0.1) is 19.3 Å². The van der Waals surface area contributed by atoms with Gasteiger partial charge in [0, 0.05) is 13.2 Å². The van der Waals surface area contributed by atoms with Crippen LogP contribution in [0.4, 0.5) is 0 Å². The zero-order valence-electron chi connectivity index (χ0n) is 20.8. The highest BCUT2D eigenvalue weighted by molar-refractivity contribution is 5.85. The molecule has 0 heterocycles. The fourth-order valence-electron chi connectivity index (χ4n) is 3.89. The van der Waals surface area contributed by atoms with Crippen LogP contribution in [0.2, 0.25) is 0 Å². The molecule has 32 heavy (non-hydrogen) atoms. The maximum atomic E-state index is 11.0. The average Bonchev–Trinajstić information content (AvgIpc) is 2.73. The maximum absolute atomic E-state index is 11.0. The van der Waals surface area contributed by atoms with E-state index >= 15 is 0 Å². The second-order valence-corrected chi connectivity index (χ2v) is 9.01. The van der Waals surface area contributed by atoms with E-state index in [1.165, 1.54) is 94.8 Å². The van der Waals surface area contributed by atoms with Crippen LogP contribution in [0.3, 0.4) is 0 Å². The first kappa shape index (κ1) is 33.8. The van der Waals surface area contributed by atoms with Gasteiger partial charge in [0.25, 0.3) is 0 Å². The summed E-state index contributed by atoms with van der Waals surface area (Å²) in [5.41, 5.74) is 0. The summed E-state index contributed by atoms with van der Waals surface area (Å²) in [6.45, 7) is 2.78. The third-order valence-corrected chi connectivity index (χ3v) is 5.94. The summed E-state index contributed by atoms with van der Waals surface area (Å²) in [6.07, 6.45) is 20.6. The monoisotopic (exact) mass is 481 g/mol. The Balaban J connectivity index is 0. The van der Waals surface area contributed by atoms with E-state index in [-0.39, 0.29) is 25.6 Å². The smallest absolute Gasteiger partial charge is 0.323 e. The molecule has 6 nitrogen and oxygen atoms in total. The van der Waals surface area contributed by atoms with Crippen LogP contribution in [-0.2, 0) is 9.53 Å². The van der Waals surface area contributed by atoms with Crippen molar-refractivity contribution in [3.05, 3.63) is 0 Å². The number of carbonyl (C=O) groups is 1. The molecule has 0 radical (unpaired) electrons. The number of carboxylic acids is 1. The van der Waals surface area contributed by atoms with E-state index in [4.69, 9.17) is 14.9 Å². The molecule has 2 atom stereocenters. The van der Waals surface area contributed by atoms with Crippen molar-refractivity contribution >= 4 is 18.4 Å². The van der Waals surface area contributed by atoms with Crippen molar-refractivity contribution in [3.63, 3.8) is 0 Å². The summed E-state index contributed by atoms with van der Waals surface area (Å²) >= 11 is 0. The summed E-state index contributed by atoms with van der Waals surface area (Å²) in [7, 11) is 1.58. The third-order valence-electron chi connectivity index (χ3n) is 5.94. The van der Waals surface area contributed by atoms with Crippen LogP contribution in [0.25, 0.3) is 0 Å². The lowest BCUT2D eigenvalue weighted by molar-refractivity contribution is -0.144. The Bertz CT molecular complexity index is 401. The Morgan fingerprint density at radius 3 is 1.59 bits per heavy atom. The first-order valence-electron chi connectivity index (χ1n) is 12.8. The lowest BCUT2D eigenvalue weighted by Gasteiger charge is -2.25. The standard InChI is InChI=1S/C25H51NO5.ClH/c1-3-4-5-6-7-8-9-10-11-12-13-14-15-16-17-18-19-31-22-23(28)20-26(2)24(21-27)25(29)30;/h23-24,27-28H,3-22H2,1-2H3,(H,29,30);1H. The Morgan fingerprint density at radius 1 is 0.812 bits per heavy atom. The molecule has 7 heteroatoms. The number of likely N-dealkylation sites (N-methyl/N-ethyl adjacent to an activating group) is 1. The van der Waals surface area contributed by atoms with Crippen LogP contribution >= 0.6 is 12.4 Å². The summed E-state index contributed by atoms with van der Waals surface area (Å²) in [5.74, 6) is -1.09. The van der Waals surface area contributed by atoms with Crippen LogP contribution < -0.4 is 0 Å². The summed E-state index contributed by atoms with van der Waals surface area (Å²) in [6, 6.07) is -0.991. The molecule has 0 aromatic heterocycles. The number of aliphatic hydroxyl groups is 2. The van der Waals surface area contributed by atoms with Crippen molar-refractivity contribution < 1.29 is 24.9 Å². The number of hydrogen-bond acceptors (Lipinski definition) is 5. The first-order chi connectivity index (χ1) is 15.0. The van der Waals surface area contributed by atoms with Gasteiger partial charge >= 0.3 is 5.97 Å². The average molecular weight is 482 g/mol. The number of aliphatic hydroxyl groups excluding tert-OH is 2. The first-order valence-corrected chi connectivity index (χ1v) is 12.8. The van der Waals surface area contributed by atoms with Crippen LogP contribution in [-0.4, -0.2) is 71.7 Å². The third kappa shape index (κ3) is 21.4. The van der Waals surface area contributed by atoms with Crippen LogP contribution in [0, 0.1) is 0 Å². The van der Waals surface area contributed by atoms with Crippen LogP contribution in [0.5, 0.6) is 0 Å². The van der Waals surface area contributed by atoms with Crippen molar-refractivity contribution in [1.82, 2.24) is 4.90 Å². The molecule has 0 aliphatic heterocycles. The van der Waals surface area contributed by atoms with Gasteiger partial charge in [-0.05, 0) is 13.5 Å². The van der Waals surface area contributed by atoms with Gasteiger partial charge in [-0.2, -0.15) is 0 Å². The molecule has 3 N–H and O–H groups in total. The van der Waals surface area contributed by atoms with E-state index in [9.17, 15) is 9.90 Å². The molecule has 0 amide bonds. The molecule has 0 rings (SSSR count). The van der Waals surface area contributed by atoms with Crippen molar-refractivity contribution in [3.8, 4) is 0 Å². The molecule has 0 aliphatic carbocycles. The highest BCUT2D eigenvalue weighted by atomic mass is 35.5. The molecular weight excluding hydrogens is 430 g/mol. The Kier molecular flexibility index (Phi) is 26.6. The molecule has 0 saturated heterocycles. The molecule has 0 aliphatic rings. The van der Waals surface area contributed by atoms with E-state index < -0.39 is 24.7 Å². The summed E-state index contributed by atoms with van der Waals surface area (Å²) < 4.78 is 5.50. The minimum absolute atomic E-state index is 0. The number of nitrogens with zero attached hydrogens (tertiary/aromatic N) is 1. The Morgan fingerprint density at radius 2 is 1.22 bits per heavy atom.